The van der Waals surface area contributed by atoms with Gasteiger partial charge in [-0.25, -0.2) is 4.98 Å². The zero-order chi connectivity index (χ0) is 19.3. The van der Waals surface area contributed by atoms with Crippen LogP contribution in [0.2, 0.25) is 0 Å². The number of rotatable bonds is 7. The van der Waals surface area contributed by atoms with Gasteiger partial charge in [0.2, 0.25) is 5.91 Å². The topological polar surface area (TPSA) is 73.2 Å². The van der Waals surface area contributed by atoms with E-state index >= 15 is 0 Å². The minimum Gasteiger partial charge on any atom is -0.383 e. The second kappa shape index (κ2) is 8.54. The Bertz CT molecular complexity index is 839. The van der Waals surface area contributed by atoms with Gasteiger partial charge in [-0.3, -0.25) is 14.2 Å². The number of hydrogen-bond donors (Lipinski definition) is 1. The number of fused-ring (bicyclic) bond motifs is 1. The van der Waals surface area contributed by atoms with Crippen molar-refractivity contribution < 1.29 is 22.7 Å². The van der Waals surface area contributed by atoms with Gasteiger partial charge in [0.15, 0.2) is 5.16 Å². The number of carbonyl (C=O) groups is 1. The van der Waals surface area contributed by atoms with Gasteiger partial charge in [0.25, 0.3) is 5.56 Å². The van der Waals surface area contributed by atoms with E-state index in [4.69, 9.17) is 4.74 Å². The summed E-state index contributed by atoms with van der Waals surface area (Å²) >= 11 is 0.906. The van der Waals surface area contributed by atoms with Crippen molar-refractivity contribution in [1.82, 2.24) is 14.9 Å². The molecule has 0 saturated carbocycles. The number of aromatic nitrogens is 2. The average molecular weight is 389 g/mol. The van der Waals surface area contributed by atoms with Gasteiger partial charge in [-0.05, 0) is 19.1 Å². The molecule has 0 fully saturated rings. The number of alkyl halides is 3. The van der Waals surface area contributed by atoms with Crippen LogP contribution in [0.1, 0.15) is 13.0 Å². The van der Waals surface area contributed by atoms with Gasteiger partial charge in [-0.1, -0.05) is 23.9 Å². The minimum absolute atomic E-state index is 0.244. The first-order valence-corrected chi connectivity index (χ1v) is 8.68. The third-order valence-electron chi connectivity index (χ3n) is 3.44. The maximum Gasteiger partial charge on any atom is 0.405 e. The summed E-state index contributed by atoms with van der Waals surface area (Å²) in [7, 11) is 1.49. The van der Waals surface area contributed by atoms with Crippen molar-refractivity contribution in [2.75, 3.05) is 26.0 Å². The van der Waals surface area contributed by atoms with Gasteiger partial charge in [0, 0.05) is 7.11 Å². The van der Waals surface area contributed by atoms with Gasteiger partial charge in [0.05, 0.1) is 29.3 Å². The molecule has 1 aromatic heterocycles. The number of nitrogens with zero attached hydrogens (tertiary/aromatic N) is 2. The number of carbonyl (C=O) groups excluding carboxylic acids is 1. The van der Waals surface area contributed by atoms with Gasteiger partial charge in [-0.15, -0.1) is 0 Å². The molecule has 1 unspecified atom stereocenters. The zero-order valence-corrected chi connectivity index (χ0v) is 15.0. The van der Waals surface area contributed by atoms with Gasteiger partial charge < -0.3 is 10.1 Å². The van der Waals surface area contributed by atoms with E-state index < -0.39 is 18.6 Å². The lowest BCUT2D eigenvalue weighted by Gasteiger charge is -2.18. The standard InChI is InChI=1S/C16H18F3N3O3S/c1-10(7-25-2)22-14(24)11-5-3-4-6-12(11)21-15(22)26-8-13(23)20-9-16(17,18)19/h3-6,10H,7-9H2,1-2H3,(H,20,23). The third-order valence-corrected chi connectivity index (χ3v) is 4.40. The van der Waals surface area contributed by atoms with Crippen molar-refractivity contribution in [2.24, 2.45) is 0 Å². The summed E-state index contributed by atoms with van der Waals surface area (Å²) in [6.45, 7) is 0.604. The highest BCUT2D eigenvalue weighted by molar-refractivity contribution is 7.99. The summed E-state index contributed by atoms with van der Waals surface area (Å²) in [6, 6.07) is 6.39. The van der Waals surface area contributed by atoms with E-state index in [-0.39, 0.29) is 29.1 Å². The number of hydrogen-bond acceptors (Lipinski definition) is 5. The van der Waals surface area contributed by atoms with Gasteiger partial charge in [0.1, 0.15) is 6.54 Å². The summed E-state index contributed by atoms with van der Waals surface area (Å²) in [5.41, 5.74) is 0.162. The first-order valence-electron chi connectivity index (χ1n) is 7.69. The van der Waals surface area contributed by atoms with E-state index in [0.717, 1.165) is 11.8 Å². The molecule has 1 heterocycles. The Kier molecular flexibility index (Phi) is 6.65. The lowest BCUT2D eigenvalue weighted by molar-refractivity contribution is -0.136. The molecule has 0 aliphatic heterocycles. The Balaban J connectivity index is 2.28. The van der Waals surface area contributed by atoms with E-state index in [0.29, 0.717) is 10.9 Å². The van der Waals surface area contributed by atoms with Crippen molar-refractivity contribution >= 4 is 28.6 Å². The molecule has 1 aromatic carbocycles. The Labute approximate surface area is 151 Å². The van der Waals surface area contributed by atoms with E-state index in [2.05, 4.69) is 4.98 Å². The molecule has 0 radical (unpaired) electrons. The second-order valence-electron chi connectivity index (χ2n) is 5.57. The van der Waals surface area contributed by atoms with Crippen LogP contribution in [0.4, 0.5) is 13.2 Å². The van der Waals surface area contributed by atoms with Crippen LogP contribution in [0.5, 0.6) is 0 Å². The molecule has 26 heavy (non-hydrogen) atoms. The van der Waals surface area contributed by atoms with Crippen LogP contribution in [0.3, 0.4) is 0 Å². The Hall–Kier alpha value is -2.07. The quantitative estimate of drug-likeness (QED) is 0.581. The van der Waals surface area contributed by atoms with Crippen LogP contribution in [0.15, 0.2) is 34.2 Å². The molecule has 0 saturated heterocycles. The summed E-state index contributed by atoms with van der Waals surface area (Å²) in [5.74, 6) is -1.08. The molecule has 2 aromatic rings. The van der Waals surface area contributed by atoms with Gasteiger partial charge in [-0.2, -0.15) is 13.2 Å². The summed E-state index contributed by atoms with van der Waals surface area (Å²) in [6.07, 6.45) is -4.48. The van der Waals surface area contributed by atoms with Crippen LogP contribution >= 0.6 is 11.8 Å². The molecule has 2 rings (SSSR count). The number of para-hydroxylation sites is 1. The fourth-order valence-corrected chi connectivity index (χ4v) is 3.24. The molecule has 1 N–H and O–H groups in total. The molecule has 0 aliphatic carbocycles. The van der Waals surface area contributed by atoms with Crippen LogP contribution < -0.4 is 10.9 Å². The van der Waals surface area contributed by atoms with E-state index in [9.17, 15) is 22.8 Å². The van der Waals surface area contributed by atoms with Crippen molar-refractivity contribution in [3.63, 3.8) is 0 Å². The molecule has 0 spiro atoms. The predicted molar refractivity (Wildman–Crippen MR) is 92.4 cm³/mol. The minimum atomic E-state index is -4.48. The first-order chi connectivity index (χ1) is 12.2. The number of ether oxygens (including phenoxy) is 1. The number of halogens is 3. The number of benzene rings is 1. The molecular formula is C16H18F3N3O3S. The molecule has 6 nitrogen and oxygen atoms in total. The molecular weight excluding hydrogens is 371 g/mol. The van der Waals surface area contributed by atoms with Crippen molar-refractivity contribution in [3.05, 3.63) is 34.6 Å². The third kappa shape index (κ3) is 5.21. The van der Waals surface area contributed by atoms with Crippen LogP contribution in [-0.4, -0.2) is 47.6 Å². The largest absolute Gasteiger partial charge is 0.405 e. The Morgan fingerprint density at radius 3 is 2.73 bits per heavy atom. The first kappa shape index (κ1) is 20.2. The van der Waals surface area contributed by atoms with Crippen LogP contribution in [0.25, 0.3) is 10.9 Å². The van der Waals surface area contributed by atoms with Crippen LogP contribution in [-0.2, 0) is 9.53 Å². The fourth-order valence-electron chi connectivity index (χ4n) is 2.31. The lowest BCUT2D eigenvalue weighted by atomic mass is 10.2. The maximum absolute atomic E-state index is 12.8. The second-order valence-corrected chi connectivity index (χ2v) is 6.51. The molecule has 142 valence electrons. The monoisotopic (exact) mass is 389 g/mol. The predicted octanol–water partition coefficient (Wildman–Crippen LogP) is 2.37. The number of thioether (sulfide) groups is 1. The van der Waals surface area contributed by atoms with E-state index in [1.54, 1.807) is 36.5 Å². The summed E-state index contributed by atoms with van der Waals surface area (Å²) < 4.78 is 43.0. The zero-order valence-electron chi connectivity index (χ0n) is 14.2. The normalized spacial score (nSPS) is 13.0. The van der Waals surface area contributed by atoms with Crippen molar-refractivity contribution in [3.8, 4) is 0 Å². The molecule has 1 atom stereocenters. The molecule has 1 amide bonds. The van der Waals surface area contributed by atoms with Crippen molar-refractivity contribution in [2.45, 2.75) is 24.3 Å². The smallest absolute Gasteiger partial charge is 0.383 e. The lowest BCUT2D eigenvalue weighted by Crippen LogP contribution is -2.35. The highest BCUT2D eigenvalue weighted by Gasteiger charge is 2.27. The summed E-state index contributed by atoms with van der Waals surface area (Å²) in [4.78, 5) is 28.8. The molecule has 10 heteroatoms. The number of methoxy groups -OCH3 is 1. The maximum atomic E-state index is 12.8. The van der Waals surface area contributed by atoms with E-state index in [1.165, 1.54) is 11.7 Å². The van der Waals surface area contributed by atoms with Crippen molar-refractivity contribution in [1.29, 1.82) is 0 Å². The Morgan fingerprint density at radius 1 is 1.38 bits per heavy atom. The SMILES string of the molecule is COCC(C)n1c(SCC(=O)NCC(F)(F)F)nc2ccccc2c1=O. The fraction of sp³-hybridized carbons (Fsp3) is 0.438. The van der Waals surface area contributed by atoms with Crippen LogP contribution in [0, 0.1) is 0 Å². The highest BCUT2D eigenvalue weighted by atomic mass is 32.2. The highest BCUT2D eigenvalue weighted by Crippen LogP contribution is 2.21. The Morgan fingerprint density at radius 2 is 2.08 bits per heavy atom. The number of nitrogens with one attached hydrogen (secondary N) is 1. The van der Waals surface area contributed by atoms with Gasteiger partial charge >= 0.3 is 6.18 Å². The van der Waals surface area contributed by atoms with E-state index in [1.807, 2.05) is 0 Å². The summed E-state index contributed by atoms with van der Waals surface area (Å²) in [5, 5.41) is 2.46. The molecule has 0 aliphatic rings. The number of amides is 1. The molecule has 0 bridgehead atoms. The average Bonchev–Trinajstić information content (AvgIpc) is 2.57.